The monoisotopic (exact) mass is 955 g/mol. The zero-order valence-corrected chi connectivity index (χ0v) is 40.3. The maximum Gasteiger partial charge on any atom is 0.0977 e. The van der Waals surface area contributed by atoms with Gasteiger partial charge >= 0.3 is 0 Å². The molecule has 0 unspecified atom stereocenters. The lowest BCUT2D eigenvalue weighted by atomic mass is 9.97. The van der Waals surface area contributed by atoms with Crippen molar-refractivity contribution in [3.63, 3.8) is 0 Å². The molecule has 348 valence electrons. The van der Waals surface area contributed by atoms with E-state index in [0.717, 1.165) is 150 Å². The summed E-state index contributed by atoms with van der Waals surface area (Å²) in [5.74, 6) is 0. The molecule has 7 nitrogen and oxygen atoms in total. The first-order chi connectivity index (χ1) is 37.2. The molecule has 0 aliphatic heterocycles. The molecule has 0 saturated carbocycles. The molecular weight excluding hydrogens is 915 g/mol. The summed E-state index contributed by atoms with van der Waals surface area (Å²) >= 11 is 0. The van der Waals surface area contributed by atoms with Gasteiger partial charge in [-0.05, 0) is 72.3 Å². The van der Waals surface area contributed by atoms with Gasteiger partial charge in [0.25, 0.3) is 0 Å². The quantitative estimate of drug-likeness (QED) is 0.152. The molecule has 0 amide bonds. The highest BCUT2D eigenvalue weighted by Crippen LogP contribution is 2.51. The summed E-state index contributed by atoms with van der Waals surface area (Å²) in [7, 11) is 0. The maximum atomic E-state index is 5.68. The van der Waals surface area contributed by atoms with Gasteiger partial charge in [0, 0.05) is 77.2 Å². The number of benzene rings is 8. The zero-order valence-electron chi connectivity index (χ0n) is 40.3. The second-order valence-corrected chi connectivity index (χ2v) is 19.4. The second-order valence-electron chi connectivity index (χ2n) is 19.4. The SMILES string of the molecule is c1ccc(-c2cc3c4cc(-c5ccccc5)nc5c6cc7c8nc(-c9ccccc9)cc9c%10cc(-c%11ccccc%11)ncc%10n(c7c(-c7ccc(N(c%10ccccc%10)c%10ccccc%10)cc7)c6n(c3cn2)c45)c98)cc1. The van der Waals surface area contributed by atoms with Crippen LogP contribution in [0.3, 0.4) is 0 Å². The van der Waals surface area contributed by atoms with E-state index in [2.05, 4.69) is 263 Å². The average Bonchev–Trinajstić information content (AvgIpc) is 4.22. The molecule has 0 bridgehead atoms. The molecule has 0 aliphatic rings. The van der Waals surface area contributed by atoms with Gasteiger partial charge in [-0.25, -0.2) is 9.97 Å². The van der Waals surface area contributed by atoms with E-state index in [9.17, 15) is 0 Å². The minimum atomic E-state index is 0.917. The molecule has 0 saturated heterocycles. The molecule has 8 aromatic heterocycles. The number of anilines is 3. The highest BCUT2D eigenvalue weighted by molar-refractivity contribution is 6.32. The Morgan fingerprint density at radius 2 is 0.627 bits per heavy atom. The Kier molecular flexibility index (Phi) is 8.90. The van der Waals surface area contributed by atoms with Crippen LogP contribution in [0.5, 0.6) is 0 Å². The lowest BCUT2D eigenvalue weighted by molar-refractivity contribution is 1.28. The molecule has 0 spiro atoms. The van der Waals surface area contributed by atoms with Crippen molar-refractivity contribution in [2.24, 2.45) is 0 Å². The fourth-order valence-corrected chi connectivity index (χ4v) is 11.9. The van der Waals surface area contributed by atoms with Gasteiger partial charge in [0.15, 0.2) is 0 Å². The number of hydrogen-bond acceptors (Lipinski definition) is 5. The van der Waals surface area contributed by atoms with Crippen LogP contribution in [0.2, 0.25) is 0 Å². The van der Waals surface area contributed by atoms with E-state index in [-0.39, 0.29) is 0 Å². The fraction of sp³-hybridized carbons (Fsp3) is 0. The Balaban J connectivity index is 1.08. The van der Waals surface area contributed by atoms with Crippen molar-refractivity contribution in [1.29, 1.82) is 0 Å². The minimum Gasteiger partial charge on any atom is -0.311 e. The Morgan fingerprint density at radius 3 is 1.03 bits per heavy atom. The Hall–Kier alpha value is -10.2. The number of hydrogen-bond donors (Lipinski definition) is 0. The third-order valence-electron chi connectivity index (χ3n) is 15.2. The topological polar surface area (TPSA) is 63.6 Å². The molecule has 16 rings (SSSR count). The van der Waals surface area contributed by atoms with Gasteiger partial charge in [-0.2, -0.15) is 0 Å². The van der Waals surface area contributed by atoms with Crippen LogP contribution < -0.4 is 4.90 Å². The Bertz CT molecular complexity index is 4540. The van der Waals surface area contributed by atoms with Gasteiger partial charge in [-0.1, -0.05) is 170 Å². The molecule has 0 N–H and O–H groups in total. The molecule has 16 aromatic rings. The fourth-order valence-electron chi connectivity index (χ4n) is 11.9. The summed E-state index contributed by atoms with van der Waals surface area (Å²) in [6.45, 7) is 0. The lowest BCUT2D eigenvalue weighted by Crippen LogP contribution is -2.09. The van der Waals surface area contributed by atoms with Crippen LogP contribution in [0.15, 0.2) is 249 Å². The van der Waals surface area contributed by atoms with Crippen LogP contribution in [0.4, 0.5) is 17.1 Å². The lowest BCUT2D eigenvalue weighted by Gasteiger charge is -2.25. The molecule has 0 aliphatic carbocycles. The molecule has 0 atom stereocenters. The van der Waals surface area contributed by atoms with E-state index in [0.29, 0.717) is 0 Å². The van der Waals surface area contributed by atoms with E-state index in [1.807, 2.05) is 0 Å². The molecule has 0 radical (unpaired) electrons. The average molecular weight is 956 g/mol. The predicted octanol–water partition coefficient (Wildman–Crippen LogP) is 17.4. The van der Waals surface area contributed by atoms with Gasteiger partial charge in [-0.15, -0.1) is 0 Å². The van der Waals surface area contributed by atoms with Crippen LogP contribution >= 0.6 is 0 Å². The maximum absolute atomic E-state index is 5.68. The summed E-state index contributed by atoms with van der Waals surface area (Å²) in [6, 6.07) is 83.8. The molecule has 75 heavy (non-hydrogen) atoms. The summed E-state index contributed by atoms with van der Waals surface area (Å²) in [6.07, 6.45) is 4.13. The van der Waals surface area contributed by atoms with Crippen LogP contribution in [0.1, 0.15) is 0 Å². The molecule has 0 fully saturated rings. The van der Waals surface area contributed by atoms with E-state index < -0.39 is 0 Å². The second kappa shape index (κ2) is 16.1. The van der Waals surface area contributed by atoms with E-state index in [1.54, 1.807) is 0 Å². The van der Waals surface area contributed by atoms with Crippen LogP contribution in [0.25, 0.3) is 133 Å². The van der Waals surface area contributed by atoms with Gasteiger partial charge < -0.3 is 13.7 Å². The summed E-state index contributed by atoms with van der Waals surface area (Å²) in [4.78, 5) is 24.1. The number of rotatable bonds is 8. The van der Waals surface area contributed by atoms with Crippen LogP contribution in [0, 0.1) is 0 Å². The van der Waals surface area contributed by atoms with Crippen molar-refractivity contribution in [2.75, 3.05) is 4.90 Å². The van der Waals surface area contributed by atoms with Crippen LogP contribution in [-0.2, 0) is 0 Å². The van der Waals surface area contributed by atoms with Gasteiger partial charge in [0.1, 0.15) is 0 Å². The number of fused-ring (bicyclic) bond motifs is 12. The first-order valence-corrected chi connectivity index (χ1v) is 25.4. The van der Waals surface area contributed by atoms with Gasteiger partial charge in [-0.3, -0.25) is 9.97 Å². The smallest absolute Gasteiger partial charge is 0.0977 e. The first kappa shape index (κ1) is 41.4. The van der Waals surface area contributed by atoms with Crippen molar-refractivity contribution < 1.29 is 0 Å². The van der Waals surface area contributed by atoms with Crippen molar-refractivity contribution in [3.8, 4) is 56.2 Å². The zero-order chi connectivity index (χ0) is 49.1. The van der Waals surface area contributed by atoms with Crippen molar-refractivity contribution in [3.05, 3.63) is 249 Å². The molecular formula is C68H41N7. The predicted molar refractivity (Wildman–Crippen MR) is 309 cm³/mol. The minimum absolute atomic E-state index is 0.917. The Morgan fingerprint density at radius 1 is 0.280 bits per heavy atom. The summed E-state index contributed by atoms with van der Waals surface area (Å²) in [5, 5.41) is 6.60. The van der Waals surface area contributed by atoms with Crippen molar-refractivity contribution >= 4 is 93.5 Å². The molecule has 8 heterocycles. The standard InChI is InChI=1S/C68H41N7/c1-7-19-42(20-8-1)56-36-50-52-38-58(44-23-11-3-12-24-44)71-63-54-35-55-64-68-53(39-59(72-64)45-25-13-4-14-26-45)51-37-57(43-21-9-2-10-22-43)70-41-61(51)75(68)66(55)62(65(54)74(67(52)63)60(50)40-69-56)46-31-33-49(34-32-46)73(47-27-15-5-16-28-47)48-29-17-6-18-30-48/h1-41H. The summed E-state index contributed by atoms with van der Waals surface area (Å²) in [5.41, 5.74) is 21.5. The van der Waals surface area contributed by atoms with Crippen molar-refractivity contribution in [1.82, 2.24) is 28.7 Å². The highest BCUT2D eigenvalue weighted by Gasteiger charge is 2.30. The van der Waals surface area contributed by atoms with E-state index in [4.69, 9.17) is 19.9 Å². The number of nitrogens with zero attached hydrogens (tertiary/aromatic N) is 7. The van der Waals surface area contributed by atoms with Gasteiger partial charge in [0.05, 0.1) is 79.3 Å². The number of pyridine rings is 4. The normalized spacial score (nSPS) is 12.0. The van der Waals surface area contributed by atoms with Gasteiger partial charge in [0.2, 0.25) is 0 Å². The molecule has 7 heteroatoms. The number of aromatic nitrogens is 6. The summed E-state index contributed by atoms with van der Waals surface area (Å²) < 4.78 is 4.90. The van der Waals surface area contributed by atoms with Crippen LogP contribution in [-0.4, -0.2) is 28.7 Å². The van der Waals surface area contributed by atoms with E-state index in [1.165, 1.54) is 0 Å². The van der Waals surface area contributed by atoms with E-state index >= 15 is 0 Å². The highest BCUT2D eigenvalue weighted by atomic mass is 15.1. The van der Waals surface area contributed by atoms with Crippen molar-refractivity contribution in [2.45, 2.75) is 0 Å². The number of para-hydroxylation sites is 2. The third-order valence-corrected chi connectivity index (χ3v) is 15.2. The largest absolute Gasteiger partial charge is 0.311 e. The third kappa shape index (κ3) is 6.22. The first-order valence-electron chi connectivity index (χ1n) is 25.4. The Labute approximate surface area is 430 Å². The molecule has 8 aromatic carbocycles.